The number of thioether (sulfide) groups is 1. The number of hydrogen-bond donors (Lipinski definition) is 4. The number of halogens is 3. The molecule has 3 aromatic rings. The van der Waals surface area contributed by atoms with Crippen LogP contribution in [-0.4, -0.2) is 62.6 Å². The number of nitrogens with one attached hydrogen (secondary N) is 2. The number of aromatic nitrogens is 3. The lowest BCUT2D eigenvalue weighted by Crippen LogP contribution is -2.44. The van der Waals surface area contributed by atoms with Crippen molar-refractivity contribution in [3.63, 3.8) is 0 Å². The van der Waals surface area contributed by atoms with E-state index in [1.54, 1.807) is 25.1 Å². The predicted octanol–water partition coefficient (Wildman–Crippen LogP) is 1.19. The zero-order valence-corrected chi connectivity index (χ0v) is 21.1. The number of aliphatic carboxylic acids is 1. The van der Waals surface area contributed by atoms with E-state index in [0.29, 0.717) is 10.5 Å². The van der Waals surface area contributed by atoms with Crippen LogP contribution in [-0.2, 0) is 20.9 Å². The molecule has 16 heteroatoms. The van der Waals surface area contributed by atoms with Crippen molar-refractivity contribution in [1.82, 2.24) is 25.6 Å². The van der Waals surface area contributed by atoms with Gasteiger partial charge in [-0.05, 0) is 36.8 Å². The van der Waals surface area contributed by atoms with Gasteiger partial charge in [0.15, 0.2) is 0 Å². The first-order chi connectivity index (χ1) is 18.3. The lowest BCUT2D eigenvalue weighted by atomic mass is 10.1. The number of nitrogens with two attached hydrogens (primary N) is 1. The number of nitrogens with zero attached hydrogens (tertiary/aromatic N) is 3. The number of hydrogen-bond acceptors (Lipinski definition) is 9. The van der Waals surface area contributed by atoms with Gasteiger partial charge in [0, 0.05) is 10.6 Å². The summed E-state index contributed by atoms with van der Waals surface area (Å²) in [6.45, 7) is 0.540. The Balaban J connectivity index is 1.69. The Morgan fingerprint density at radius 2 is 1.87 bits per heavy atom. The van der Waals surface area contributed by atoms with Crippen LogP contribution in [0.1, 0.15) is 18.5 Å². The summed E-state index contributed by atoms with van der Waals surface area (Å²) in [5.41, 5.74) is 5.94. The number of carbonyl (C=O) groups is 3. The highest BCUT2D eigenvalue weighted by Crippen LogP contribution is 2.25. The molecule has 0 saturated heterocycles. The largest absolute Gasteiger partial charge is 0.573 e. The minimum Gasteiger partial charge on any atom is -0.480 e. The number of carboxylic acid groups (broad SMARTS) is 1. The Kier molecular flexibility index (Phi) is 9.47. The maximum atomic E-state index is 13.1. The summed E-state index contributed by atoms with van der Waals surface area (Å²) in [5, 5.41) is 21.4. The number of carboxylic acids is 1. The predicted molar refractivity (Wildman–Crippen MR) is 133 cm³/mol. The van der Waals surface area contributed by atoms with Crippen LogP contribution in [0.25, 0.3) is 10.9 Å². The van der Waals surface area contributed by atoms with E-state index in [9.17, 15) is 32.3 Å². The van der Waals surface area contributed by atoms with Gasteiger partial charge in [-0.25, -0.2) is 4.68 Å². The topological polar surface area (TPSA) is 179 Å². The molecule has 2 amide bonds. The lowest BCUT2D eigenvalue weighted by molar-refractivity contribution is -0.274. The third-order valence-corrected chi connectivity index (χ3v) is 6.34. The van der Waals surface area contributed by atoms with Crippen LogP contribution in [0.5, 0.6) is 5.75 Å². The van der Waals surface area contributed by atoms with E-state index in [4.69, 9.17) is 10.8 Å². The van der Waals surface area contributed by atoms with Gasteiger partial charge in [-0.1, -0.05) is 23.4 Å². The monoisotopic (exact) mass is 568 g/mol. The molecule has 39 heavy (non-hydrogen) atoms. The Morgan fingerprint density at radius 1 is 1.18 bits per heavy atom. The molecule has 1 heterocycles. The highest BCUT2D eigenvalue weighted by molar-refractivity contribution is 7.99. The number of ether oxygens (including phenoxy) is 1. The van der Waals surface area contributed by atoms with Crippen molar-refractivity contribution < 1.29 is 37.4 Å². The zero-order chi connectivity index (χ0) is 28.7. The second-order valence-corrected chi connectivity index (χ2v) is 9.20. The number of amides is 2. The number of carbonyl (C=O) groups excluding carboxylic acids is 2. The number of alkyl halides is 3. The van der Waals surface area contributed by atoms with E-state index in [-0.39, 0.29) is 16.7 Å². The lowest BCUT2D eigenvalue weighted by Gasteiger charge is -2.16. The van der Waals surface area contributed by atoms with Crippen molar-refractivity contribution in [1.29, 1.82) is 0 Å². The van der Waals surface area contributed by atoms with Crippen LogP contribution in [0, 0.1) is 0 Å². The fourth-order valence-electron chi connectivity index (χ4n) is 3.33. The van der Waals surface area contributed by atoms with Crippen LogP contribution >= 0.6 is 11.8 Å². The second kappa shape index (κ2) is 12.6. The van der Waals surface area contributed by atoms with Crippen molar-refractivity contribution in [3.05, 3.63) is 58.4 Å². The average molecular weight is 569 g/mol. The van der Waals surface area contributed by atoms with Gasteiger partial charge in [-0.15, -0.1) is 30.0 Å². The SMILES string of the molecule is C[C@H](NC(=O)Cn1nnc2cccc(SC[C@H](N)C(=O)NCC(=O)O)c2c1=O)c1ccc(OC(F)(F)F)cc1. The Bertz CT molecular complexity index is 1420. The van der Waals surface area contributed by atoms with Crippen molar-refractivity contribution in [2.45, 2.75) is 36.8 Å². The van der Waals surface area contributed by atoms with Gasteiger partial charge in [-0.2, -0.15) is 0 Å². The molecule has 2 atom stereocenters. The molecule has 3 rings (SSSR count). The molecule has 12 nitrogen and oxygen atoms in total. The van der Waals surface area contributed by atoms with Gasteiger partial charge >= 0.3 is 12.3 Å². The first kappa shape index (κ1) is 29.4. The summed E-state index contributed by atoms with van der Waals surface area (Å²) in [4.78, 5) is 48.7. The second-order valence-electron chi connectivity index (χ2n) is 8.14. The van der Waals surface area contributed by atoms with Gasteiger partial charge in [0.1, 0.15) is 24.4 Å². The summed E-state index contributed by atoms with van der Waals surface area (Å²) < 4.78 is 41.7. The van der Waals surface area contributed by atoms with E-state index in [1.165, 1.54) is 12.1 Å². The van der Waals surface area contributed by atoms with Gasteiger partial charge in [-0.3, -0.25) is 19.2 Å². The Morgan fingerprint density at radius 3 is 2.51 bits per heavy atom. The number of rotatable bonds is 11. The highest BCUT2D eigenvalue weighted by Gasteiger charge is 2.31. The smallest absolute Gasteiger partial charge is 0.480 e. The molecule has 2 aromatic carbocycles. The minimum absolute atomic E-state index is 0.0249. The fourth-order valence-corrected chi connectivity index (χ4v) is 4.35. The first-order valence-electron chi connectivity index (χ1n) is 11.2. The van der Waals surface area contributed by atoms with Gasteiger partial charge in [0.05, 0.1) is 17.5 Å². The number of fused-ring (bicyclic) bond motifs is 1. The molecule has 0 fully saturated rings. The van der Waals surface area contributed by atoms with Crippen LogP contribution in [0.3, 0.4) is 0 Å². The third-order valence-electron chi connectivity index (χ3n) is 5.17. The molecule has 0 bridgehead atoms. The maximum absolute atomic E-state index is 13.1. The molecule has 0 saturated carbocycles. The van der Waals surface area contributed by atoms with E-state index >= 15 is 0 Å². The van der Waals surface area contributed by atoms with Gasteiger partial charge in [0.25, 0.3) is 5.56 Å². The summed E-state index contributed by atoms with van der Waals surface area (Å²) in [6, 6.07) is 8.08. The molecule has 5 N–H and O–H groups in total. The Hall–Kier alpha value is -4.18. The van der Waals surface area contributed by atoms with E-state index in [1.807, 2.05) is 0 Å². The van der Waals surface area contributed by atoms with Crippen LogP contribution in [0.4, 0.5) is 13.2 Å². The van der Waals surface area contributed by atoms with Gasteiger partial charge in [0.2, 0.25) is 11.8 Å². The summed E-state index contributed by atoms with van der Waals surface area (Å²) in [6.07, 6.45) is -4.82. The number of benzene rings is 2. The molecule has 0 aliphatic heterocycles. The van der Waals surface area contributed by atoms with E-state index < -0.39 is 60.6 Å². The molecule has 208 valence electrons. The molecule has 0 spiro atoms. The summed E-state index contributed by atoms with van der Waals surface area (Å²) in [5.74, 6) is -2.87. The standard InChI is InChI=1S/C23H23F3N6O6S/c1-12(13-5-7-14(8-6-13)38-23(24,25)26)29-18(33)10-32-22(37)20-16(30-31-32)3-2-4-17(20)39-11-15(27)21(36)28-9-19(34)35/h2-8,12,15H,9-11,27H2,1H3,(H,28,36)(H,29,33)(H,34,35)/t12-,15-/m0/s1. The normalized spacial score (nSPS) is 12.9. The van der Waals surface area contributed by atoms with E-state index in [2.05, 4.69) is 25.7 Å². The molecular formula is C23H23F3N6O6S. The minimum atomic E-state index is -4.82. The quantitative estimate of drug-likeness (QED) is 0.246. The zero-order valence-electron chi connectivity index (χ0n) is 20.3. The molecule has 0 unspecified atom stereocenters. The summed E-state index contributed by atoms with van der Waals surface area (Å²) >= 11 is 1.08. The average Bonchev–Trinajstić information content (AvgIpc) is 2.86. The fraction of sp³-hybridized carbons (Fsp3) is 0.304. The third kappa shape index (κ3) is 8.41. The molecule has 0 radical (unpaired) electrons. The van der Waals surface area contributed by atoms with Crippen molar-refractivity contribution in [3.8, 4) is 5.75 Å². The van der Waals surface area contributed by atoms with Gasteiger partial charge < -0.3 is 26.2 Å². The summed E-state index contributed by atoms with van der Waals surface area (Å²) in [7, 11) is 0. The van der Waals surface area contributed by atoms with E-state index in [0.717, 1.165) is 28.6 Å². The van der Waals surface area contributed by atoms with Crippen LogP contribution in [0.15, 0.2) is 52.2 Å². The van der Waals surface area contributed by atoms with Crippen molar-refractivity contribution >= 4 is 40.4 Å². The van der Waals surface area contributed by atoms with Crippen molar-refractivity contribution in [2.24, 2.45) is 5.73 Å². The molecule has 0 aliphatic carbocycles. The highest BCUT2D eigenvalue weighted by atomic mass is 32.2. The first-order valence-corrected chi connectivity index (χ1v) is 12.2. The van der Waals surface area contributed by atoms with Crippen LogP contribution in [0.2, 0.25) is 0 Å². The maximum Gasteiger partial charge on any atom is 0.573 e. The Labute approximate surface area is 222 Å². The van der Waals surface area contributed by atoms with Crippen molar-refractivity contribution in [2.75, 3.05) is 12.3 Å². The van der Waals surface area contributed by atoms with Crippen LogP contribution < -0.4 is 26.7 Å². The molecule has 1 aromatic heterocycles. The molecule has 0 aliphatic rings. The molecular weight excluding hydrogens is 545 g/mol.